The summed E-state index contributed by atoms with van der Waals surface area (Å²) in [5.74, 6) is -1.45. The molecule has 128 valence electrons. The molecule has 0 spiro atoms. The van der Waals surface area contributed by atoms with E-state index in [2.05, 4.69) is 26.0 Å². The second-order valence-corrected chi connectivity index (χ2v) is 5.49. The van der Waals surface area contributed by atoms with Crippen molar-refractivity contribution >= 4 is 21.8 Å². The Balaban J connectivity index is 2.21. The molecule has 0 unspecified atom stereocenters. The number of nitrogens with one attached hydrogen (secondary N) is 1. The predicted molar refractivity (Wildman–Crippen MR) is 84.9 cm³/mol. The molecular weight excluding hydrogens is 391 g/mol. The number of carbonyl (C=O) groups is 1. The third kappa shape index (κ3) is 4.41. The van der Waals surface area contributed by atoms with E-state index < -0.39 is 18.3 Å². The van der Waals surface area contributed by atoms with Crippen LogP contribution in [-0.4, -0.2) is 19.6 Å². The summed E-state index contributed by atoms with van der Waals surface area (Å²) in [4.78, 5) is 12.3. The second kappa shape index (κ2) is 8.05. The molecule has 0 saturated carbocycles. The molecule has 0 atom stereocenters. The maximum absolute atomic E-state index is 13.2. The van der Waals surface area contributed by atoms with Gasteiger partial charge in [-0.3, -0.25) is 4.79 Å². The van der Waals surface area contributed by atoms with Crippen LogP contribution >= 0.6 is 15.9 Å². The maximum atomic E-state index is 13.2. The van der Waals surface area contributed by atoms with Crippen molar-refractivity contribution in [3.05, 3.63) is 57.8 Å². The quantitative estimate of drug-likeness (QED) is 0.788. The summed E-state index contributed by atoms with van der Waals surface area (Å²) in [5.41, 5.74) is 0.393. The summed E-state index contributed by atoms with van der Waals surface area (Å²) in [6.45, 7) is -3.10. The molecule has 2 rings (SSSR count). The maximum Gasteiger partial charge on any atom is 0.387 e. The van der Waals surface area contributed by atoms with Crippen molar-refractivity contribution in [2.75, 3.05) is 7.11 Å². The van der Waals surface area contributed by atoms with E-state index in [9.17, 15) is 18.0 Å². The van der Waals surface area contributed by atoms with Crippen LogP contribution in [0.4, 0.5) is 13.2 Å². The lowest BCUT2D eigenvalue weighted by Crippen LogP contribution is -2.24. The van der Waals surface area contributed by atoms with Gasteiger partial charge in [-0.25, -0.2) is 4.39 Å². The average molecular weight is 404 g/mol. The van der Waals surface area contributed by atoms with E-state index in [1.165, 1.54) is 43.5 Å². The lowest BCUT2D eigenvalue weighted by atomic mass is 10.1. The van der Waals surface area contributed by atoms with Crippen LogP contribution in [0, 0.1) is 5.82 Å². The third-order valence-electron chi connectivity index (χ3n) is 3.10. The molecule has 0 saturated heterocycles. The molecule has 2 aromatic rings. The Bertz CT molecular complexity index is 741. The first-order valence-corrected chi connectivity index (χ1v) is 7.55. The number of hydrogen-bond acceptors (Lipinski definition) is 3. The highest BCUT2D eigenvalue weighted by molar-refractivity contribution is 9.10. The van der Waals surface area contributed by atoms with Gasteiger partial charge in [0.2, 0.25) is 0 Å². The van der Waals surface area contributed by atoms with Gasteiger partial charge in [-0.15, -0.1) is 0 Å². The first-order chi connectivity index (χ1) is 11.4. The molecule has 0 fully saturated rings. The highest BCUT2D eigenvalue weighted by Gasteiger charge is 2.20. The number of ether oxygens (including phenoxy) is 2. The number of amides is 1. The minimum Gasteiger partial charge on any atom is -0.493 e. The van der Waals surface area contributed by atoms with Crippen molar-refractivity contribution < 1.29 is 27.4 Å². The summed E-state index contributed by atoms with van der Waals surface area (Å²) < 4.78 is 48.3. The van der Waals surface area contributed by atoms with E-state index in [1.807, 2.05) is 0 Å². The van der Waals surface area contributed by atoms with Crippen LogP contribution in [0.25, 0.3) is 0 Å². The standard InChI is InChI=1S/C16H13BrF3NO3/c1-23-13-4-2-3-11(14(13)24-16(19)20)15(22)21-8-9-7-10(18)5-6-12(9)17/h2-7,16H,8H2,1H3,(H,21,22). The van der Waals surface area contributed by atoms with Crippen LogP contribution in [0.5, 0.6) is 11.5 Å². The molecule has 0 radical (unpaired) electrons. The molecule has 24 heavy (non-hydrogen) atoms. The number of benzene rings is 2. The number of rotatable bonds is 6. The minimum absolute atomic E-state index is 0.00249. The first-order valence-electron chi connectivity index (χ1n) is 6.76. The van der Waals surface area contributed by atoms with Crippen molar-refractivity contribution in [2.45, 2.75) is 13.2 Å². The average Bonchev–Trinajstić information content (AvgIpc) is 2.55. The number of hydrogen-bond donors (Lipinski definition) is 1. The summed E-state index contributed by atoms with van der Waals surface area (Å²) in [6, 6.07) is 8.24. The van der Waals surface area contributed by atoms with Gasteiger partial charge in [0.05, 0.1) is 12.7 Å². The van der Waals surface area contributed by atoms with Crippen LogP contribution in [0.2, 0.25) is 0 Å². The fraction of sp³-hybridized carbons (Fsp3) is 0.188. The molecule has 0 heterocycles. The Morgan fingerprint density at radius 1 is 1.29 bits per heavy atom. The lowest BCUT2D eigenvalue weighted by molar-refractivity contribution is -0.0515. The van der Waals surface area contributed by atoms with Crippen LogP contribution in [-0.2, 0) is 6.54 Å². The van der Waals surface area contributed by atoms with Crippen LogP contribution in [0.15, 0.2) is 40.9 Å². The molecule has 0 bridgehead atoms. The number of para-hydroxylation sites is 1. The molecule has 1 N–H and O–H groups in total. The number of alkyl halides is 2. The second-order valence-electron chi connectivity index (χ2n) is 4.63. The zero-order chi connectivity index (χ0) is 17.7. The van der Waals surface area contributed by atoms with Crippen molar-refractivity contribution in [2.24, 2.45) is 0 Å². The number of carbonyl (C=O) groups excluding carboxylic acids is 1. The van der Waals surface area contributed by atoms with Gasteiger partial charge in [-0.1, -0.05) is 22.0 Å². The normalized spacial score (nSPS) is 10.6. The van der Waals surface area contributed by atoms with Crippen molar-refractivity contribution in [3.8, 4) is 11.5 Å². The SMILES string of the molecule is COc1cccc(C(=O)NCc2cc(F)ccc2Br)c1OC(F)F. The highest BCUT2D eigenvalue weighted by atomic mass is 79.9. The topological polar surface area (TPSA) is 47.6 Å². The largest absolute Gasteiger partial charge is 0.493 e. The highest BCUT2D eigenvalue weighted by Crippen LogP contribution is 2.32. The minimum atomic E-state index is -3.11. The van der Waals surface area contributed by atoms with Crippen LogP contribution < -0.4 is 14.8 Å². The molecule has 0 aliphatic heterocycles. The van der Waals surface area contributed by atoms with Gasteiger partial charge < -0.3 is 14.8 Å². The smallest absolute Gasteiger partial charge is 0.387 e. The summed E-state index contributed by atoms with van der Waals surface area (Å²) in [7, 11) is 1.28. The molecule has 1 amide bonds. The van der Waals surface area contributed by atoms with Gasteiger partial charge in [0.25, 0.3) is 5.91 Å². The Labute approximate surface area is 144 Å². The van der Waals surface area contributed by atoms with Gasteiger partial charge in [-0.2, -0.15) is 8.78 Å². The van der Waals surface area contributed by atoms with Crippen molar-refractivity contribution in [3.63, 3.8) is 0 Å². The fourth-order valence-corrected chi connectivity index (χ4v) is 2.40. The monoisotopic (exact) mass is 403 g/mol. The molecule has 0 aliphatic rings. The summed E-state index contributed by atoms with van der Waals surface area (Å²) in [5, 5.41) is 2.53. The molecule has 8 heteroatoms. The van der Waals surface area contributed by atoms with Gasteiger partial charge in [-0.05, 0) is 35.9 Å². The van der Waals surface area contributed by atoms with E-state index in [0.717, 1.165) is 0 Å². The molecular formula is C16H13BrF3NO3. The zero-order valence-electron chi connectivity index (χ0n) is 12.5. The summed E-state index contributed by atoms with van der Waals surface area (Å²) >= 11 is 3.24. The molecule has 2 aromatic carbocycles. The Morgan fingerprint density at radius 2 is 2.04 bits per heavy atom. The van der Waals surface area contributed by atoms with Gasteiger partial charge in [0.1, 0.15) is 5.82 Å². The zero-order valence-corrected chi connectivity index (χ0v) is 14.1. The molecule has 0 aromatic heterocycles. The van der Waals surface area contributed by atoms with Crippen molar-refractivity contribution in [1.82, 2.24) is 5.32 Å². The summed E-state index contributed by atoms with van der Waals surface area (Å²) in [6.07, 6.45) is 0. The van der Waals surface area contributed by atoms with Crippen LogP contribution in [0.1, 0.15) is 15.9 Å². The van der Waals surface area contributed by atoms with Crippen molar-refractivity contribution in [1.29, 1.82) is 0 Å². The van der Waals surface area contributed by atoms with Gasteiger partial charge in [0.15, 0.2) is 11.5 Å². The third-order valence-corrected chi connectivity index (χ3v) is 3.87. The molecule has 0 aliphatic carbocycles. The number of halogens is 4. The van der Waals surface area contributed by atoms with Gasteiger partial charge >= 0.3 is 6.61 Å². The predicted octanol–water partition coefficient (Wildman–Crippen LogP) is 4.13. The Morgan fingerprint density at radius 3 is 2.71 bits per heavy atom. The van der Waals surface area contributed by atoms with E-state index >= 15 is 0 Å². The van der Waals surface area contributed by atoms with E-state index in [1.54, 1.807) is 0 Å². The number of methoxy groups -OCH3 is 1. The van der Waals surface area contributed by atoms with E-state index in [4.69, 9.17) is 4.74 Å². The Hall–Kier alpha value is -2.22. The first kappa shape index (κ1) is 18.1. The van der Waals surface area contributed by atoms with E-state index in [-0.39, 0.29) is 23.6 Å². The Kier molecular flexibility index (Phi) is 6.08. The van der Waals surface area contributed by atoms with Crippen LogP contribution in [0.3, 0.4) is 0 Å². The van der Waals surface area contributed by atoms with E-state index in [0.29, 0.717) is 10.0 Å². The lowest BCUT2D eigenvalue weighted by Gasteiger charge is -2.14. The molecule has 4 nitrogen and oxygen atoms in total. The fourth-order valence-electron chi connectivity index (χ4n) is 2.02. The van der Waals surface area contributed by atoms with Gasteiger partial charge in [0, 0.05) is 11.0 Å².